The standard InChI is InChI=1S/C36H41BrN4O10/c1-6-47-28-17-25(32-31(35(44)46-5)21(4)39-36(45)40-32)13-14-27(28)50-20-30(42)41-38-18-23-15-26(37)33(29(16-23)48-7-2)51-19-22-9-11-24(12-10-22)34(43)49-8-3/h9-18,30,32,41-42H,6-8,19-20H2,1-5H3,(H2,39,40,45)/b38-18+/t30-,32+/m0/s1. The van der Waals surface area contributed by atoms with Crippen molar-refractivity contribution in [1.82, 2.24) is 16.1 Å². The number of nitrogens with zero attached hydrogens (tertiary/aromatic N) is 1. The second-order valence-corrected chi connectivity index (χ2v) is 11.7. The van der Waals surface area contributed by atoms with E-state index in [1.807, 2.05) is 6.92 Å². The zero-order valence-electron chi connectivity index (χ0n) is 28.9. The summed E-state index contributed by atoms with van der Waals surface area (Å²) in [5, 5.41) is 20.0. The highest BCUT2D eigenvalue weighted by molar-refractivity contribution is 9.10. The fourth-order valence-electron chi connectivity index (χ4n) is 4.99. The molecule has 15 heteroatoms. The molecule has 0 spiro atoms. The molecule has 0 radical (unpaired) electrons. The Labute approximate surface area is 304 Å². The van der Waals surface area contributed by atoms with Crippen LogP contribution in [0.15, 0.2) is 75.4 Å². The zero-order chi connectivity index (χ0) is 36.9. The van der Waals surface area contributed by atoms with Crippen molar-refractivity contribution in [3.05, 3.63) is 92.6 Å². The molecular weight excluding hydrogens is 728 g/mol. The van der Waals surface area contributed by atoms with E-state index < -0.39 is 24.3 Å². The number of nitrogens with one attached hydrogen (secondary N) is 3. The lowest BCUT2D eigenvalue weighted by Crippen LogP contribution is -2.45. The highest BCUT2D eigenvalue weighted by atomic mass is 79.9. The van der Waals surface area contributed by atoms with Crippen LogP contribution in [0, 0.1) is 0 Å². The number of benzene rings is 3. The van der Waals surface area contributed by atoms with Crippen molar-refractivity contribution in [3.8, 4) is 23.0 Å². The summed E-state index contributed by atoms with van der Waals surface area (Å²) in [6, 6.07) is 14.3. The van der Waals surface area contributed by atoms with E-state index in [0.29, 0.717) is 69.7 Å². The van der Waals surface area contributed by atoms with Gasteiger partial charge in [-0.2, -0.15) is 5.10 Å². The minimum Gasteiger partial charge on any atom is -0.490 e. The normalized spacial score (nSPS) is 14.6. The van der Waals surface area contributed by atoms with Gasteiger partial charge in [0.15, 0.2) is 29.2 Å². The molecule has 272 valence electrons. The van der Waals surface area contributed by atoms with Crippen molar-refractivity contribution in [2.45, 2.75) is 46.6 Å². The van der Waals surface area contributed by atoms with Crippen LogP contribution in [-0.2, 0) is 20.9 Å². The van der Waals surface area contributed by atoms with Gasteiger partial charge < -0.3 is 44.2 Å². The van der Waals surface area contributed by atoms with E-state index >= 15 is 0 Å². The average Bonchev–Trinajstić information content (AvgIpc) is 3.10. The smallest absolute Gasteiger partial charge is 0.338 e. The second kappa shape index (κ2) is 18.6. The highest BCUT2D eigenvalue weighted by Crippen LogP contribution is 2.38. The summed E-state index contributed by atoms with van der Waals surface area (Å²) in [5.74, 6) is 0.707. The molecule has 1 heterocycles. The van der Waals surface area contributed by atoms with Gasteiger partial charge in [0.05, 0.1) is 54.8 Å². The molecule has 0 saturated heterocycles. The number of hydrogen-bond donors (Lipinski definition) is 4. The molecule has 4 N–H and O–H groups in total. The van der Waals surface area contributed by atoms with Crippen LogP contribution < -0.4 is 35.0 Å². The van der Waals surface area contributed by atoms with Crippen molar-refractivity contribution in [2.24, 2.45) is 5.10 Å². The number of carbonyl (C=O) groups is 3. The summed E-state index contributed by atoms with van der Waals surface area (Å²) in [6.45, 7) is 8.10. The van der Waals surface area contributed by atoms with Crippen LogP contribution in [0.4, 0.5) is 4.79 Å². The van der Waals surface area contributed by atoms with E-state index in [-0.39, 0.29) is 24.8 Å². The molecule has 1 aliphatic heterocycles. The molecule has 4 rings (SSSR count). The number of methoxy groups -OCH3 is 1. The van der Waals surface area contributed by atoms with Crippen molar-refractivity contribution < 1.29 is 47.9 Å². The maximum Gasteiger partial charge on any atom is 0.338 e. The molecule has 0 bridgehead atoms. The summed E-state index contributed by atoms with van der Waals surface area (Å²) < 4.78 is 34.1. The summed E-state index contributed by atoms with van der Waals surface area (Å²) in [7, 11) is 1.27. The van der Waals surface area contributed by atoms with E-state index in [9.17, 15) is 19.5 Å². The SMILES string of the molecule is CCOC(=O)c1ccc(COc2c(Br)cc(/C=N/N[C@@H](O)COc3ccc([C@H]4NC(=O)NC(C)=C4C(=O)OC)cc3OCC)cc2OCC)cc1. The van der Waals surface area contributed by atoms with Gasteiger partial charge in [-0.25, -0.2) is 14.4 Å². The third-order valence-electron chi connectivity index (χ3n) is 7.29. The zero-order valence-corrected chi connectivity index (χ0v) is 30.5. The molecule has 14 nitrogen and oxygen atoms in total. The van der Waals surface area contributed by atoms with E-state index in [0.717, 1.165) is 5.56 Å². The van der Waals surface area contributed by atoms with Crippen LogP contribution in [0.25, 0.3) is 0 Å². The second-order valence-electron chi connectivity index (χ2n) is 10.9. The minimum atomic E-state index is -1.19. The number of urea groups is 1. The topological polar surface area (TPSA) is 175 Å². The number of aliphatic hydroxyl groups is 1. The first-order valence-corrected chi connectivity index (χ1v) is 17.0. The van der Waals surface area contributed by atoms with Crippen LogP contribution in [0.1, 0.15) is 60.8 Å². The van der Waals surface area contributed by atoms with Crippen molar-refractivity contribution in [2.75, 3.05) is 33.5 Å². The Hall–Kier alpha value is -5.28. The summed E-state index contributed by atoms with van der Waals surface area (Å²) in [5.41, 5.74) is 5.81. The maximum absolute atomic E-state index is 12.5. The Bertz CT molecular complexity index is 1760. The van der Waals surface area contributed by atoms with Gasteiger partial charge in [0, 0.05) is 5.70 Å². The molecule has 3 aromatic carbocycles. The number of esters is 2. The Morgan fingerprint density at radius 1 is 0.941 bits per heavy atom. The Balaban J connectivity index is 1.38. The first-order chi connectivity index (χ1) is 24.6. The molecule has 0 fully saturated rings. The molecule has 0 unspecified atom stereocenters. The van der Waals surface area contributed by atoms with E-state index in [1.165, 1.54) is 13.3 Å². The van der Waals surface area contributed by atoms with Gasteiger partial charge in [0.25, 0.3) is 0 Å². The molecule has 1 aliphatic rings. The predicted molar refractivity (Wildman–Crippen MR) is 191 cm³/mol. The lowest BCUT2D eigenvalue weighted by atomic mass is 9.95. The van der Waals surface area contributed by atoms with E-state index in [4.69, 9.17) is 28.4 Å². The van der Waals surface area contributed by atoms with Gasteiger partial charge in [0.1, 0.15) is 13.2 Å². The van der Waals surface area contributed by atoms with Crippen LogP contribution in [0.5, 0.6) is 23.0 Å². The molecule has 0 aliphatic carbocycles. The predicted octanol–water partition coefficient (Wildman–Crippen LogP) is 5.12. The highest BCUT2D eigenvalue weighted by Gasteiger charge is 2.32. The average molecular weight is 770 g/mol. The summed E-state index contributed by atoms with van der Waals surface area (Å²) in [6.07, 6.45) is 0.319. The molecule has 3 aromatic rings. The number of aliphatic hydroxyl groups excluding tert-OH is 1. The number of hydrogen-bond acceptors (Lipinski definition) is 12. The monoisotopic (exact) mass is 768 g/mol. The third-order valence-corrected chi connectivity index (χ3v) is 7.88. The fourth-order valence-corrected chi connectivity index (χ4v) is 5.57. The number of rotatable bonds is 17. The first-order valence-electron chi connectivity index (χ1n) is 16.2. The van der Waals surface area contributed by atoms with Gasteiger partial charge in [-0.1, -0.05) is 18.2 Å². The third kappa shape index (κ3) is 10.4. The largest absolute Gasteiger partial charge is 0.490 e. The van der Waals surface area contributed by atoms with Crippen molar-refractivity contribution in [3.63, 3.8) is 0 Å². The van der Waals surface area contributed by atoms with Gasteiger partial charge in [-0.15, -0.1) is 0 Å². The summed E-state index contributed by atoms with van der Waals surface area (Å²) in [4.78, 5) is 36.6. The van der Waals surface area contributed by atoms with Gasteiger partial charge >= 0.3 is 18.0 Å². The molecule has 0 saturated carbocycles. The lowest BCUT2D eigenvalue weighted by molar-refractivity contribution is -0.136. The van der Waals surface area contributed by atoms with Gasteiger partial charge in [-0.3, -0.25) is 5.43 Å². The lowest BCUT2D eigenvalue weighted by Gasteiger charge is -2.28. The first kappa shape index (κ1) is 38.5. The Morgan fingerprint density at radius 3 is 2.35 bits per heavy atom. The quantitative estimate of drug-likeness (QED) is 0.0621. The van der Waals surface area contributed by atoms with E-state index in [1.54, 1.807) is 75.4 Å². The number of ether oxygens (including phenoxy) is 6. The number of halogens is 1. The minimum absolute atomic E-state index is 0.186. The van der Waals surface area contributed by atoms with Crippen molar-refractivity contribution >= 4 is 40.1 Å². The molecule has 51 heavy (non-hydrogen) atoms. The number of amides is 2. The van der Waals surface area contributed by atoms with Gasteiger partial charge in [-0.05, 0) is 96.7 Å². The van der Waals surface area contributed by atoms with Crippen LogP contribution in [0.3, 0.4) is 0 Å². The van der Waals surface area contributed by atoms with Crippen LogP contribution >= 0.6 is 15.9 Å². The molecular formula is C36H41BrN4O10. The van der Waals surface area contributed by atoms with Crippen LogP contribution in [0.2, 0.25) is 0 Å². The van der Waals surface area contributed by atoms with E-state index in [2.05, 4.69) is 37.1 Å². The molecule has 2 atom stereocenters. The Kier molecular flexibility index (Phi) is 14.1. The van der Waals surface area contributed by atoms with Crippen molar-refractivity contribution in [1.29, 1.82) is 0 Å². The molecule has 2 amide bonds. The van der Waals surface area contributed by atoms with Crippen LogP contribution in [-0.4, -0.2) is 69.1 Å². The molecule has 0 aromatic heterocycles. The fraction of sp³-hybridized carbons (Fsp3) is 0.333. The maximum atomic E-state index is 12.5. The number of carbonyl (C=O) groups excluding carboxylic acids is 3. The number of allylic oxidation sites excluding steroid dienone is 1. The summed E-state index contributed by atoms with van der Waals surface area (Å²) >= 11 is 3.55. The number of hydrazone groups is 1. The Morgan fingerprint density at radius 2 is 1.67 bits per heavy atom. The van der Waals surface area contributed by atoms with Gasteiger partial charge in [0.2, 0.25) is 0 Å².